The molecule has 1 heterocycles. The smallest absolute Gasteiger partial charge is 0.325 e. The van der Waals surface area contributed by atoms with E-state index in [-0.39, 0.29) is 17.5 Å². The number of carbonyl (C=O) groups is 2. The summed E-state index contributed by atoms with van der Waals surface area (Å²) < 4.78 is 5.81. The van der Waals surface area contributed by atoms with Gasteiger partial charge in [-0.05, 0) is 17.4 Å². The quantitative estimate of drug-likeness (QED) is 0.524. The number of ether oxygens (including phenoxy) is 1. The van der Waals surface area contributed by atoms with Crippen molar-refractivity contribution in [2.24, 2.45) is 0 Å². The number of hydrogen-bond acceptors (Lipinski definition) is 7. The first kappa shape index (κ1) is 12.4. The zero-order chi connectivity index (χ0) is 12.0. The number of aromatic nitrogens is 4. The van der Waals surface area contributed by atoms with Crippen LogP contribution >= 0.6 is 11.8 Å². The molecule has 1 aromatic rings. The van der Waals surface area contributed by atoms with Crippen molar-refractivity contribution in [3.8, 4) is 0 Å². The molecule has 0 saturated carbocycles. The Labute approximate surface area is 95.0 Å². The van der Waals surface area contributed by atoms with E-state index in [4.69, 9.17) is 9.84 Å². The Morgan fingerprint density at radius 1 is 1.56 bits per heavy atom. The number of nitrogens with zero attached hydrogens (tertiary/aromatic N) is 4. The van der Waals surface area contributed by atoms with Gasteiger partial charge in [0.1, 0.15) is 6.54 Å². The Morgan fingerprint density at radius 2 is 2.31 bits per heavy atom. The van der Waals surface area contributed by atoms with E-state index in [1.54, 1.807) is 6.92 Å². The molecule has 8 nitrogen and oxygen atoms in total. The van der Waals surface area contributed by atoms with Crippen molar-refractivity contribution in [2.75, 3.05) is 12.4 Å². The van der Waals surface area contributed by atoms with Gasteiger partial charge in [0.2, 0.25) is 5.16 Å². The van der Waals surface area contributed by atoms with Crippen LogP contribution in [0.5, 0.6) is 0 Å². The summed E-state index contributed by atoms with van der Waals surface area (Å²) in [5.74, 6) is -1.39. The van der Waals surface area contributed by atoms with Crippen LogP contribution in [0.4, 0.5) is 0 Å². The lowest BCUT2D eigenvalue weighted by atomic mass is 10.7. The Morgan fingerprint density at radius 3 is 2.94 bits per heavy atom. The van der Waals surface area contributed by atoms with Gasteiger partial charge in [0.05, 0.1) is 12.4 Å². The standard InChI is InChI=1S/C7H10N4O4S/c1-2-15-6(14)4-16-7-8-9-10-11(7)3-5(12)13/h2-4H2,1H3,(H,12,13). The molecule has 0 saturated heterocycles. The molecule has 0 radical (unpaired) electrons. The molecule has 9 heteroatoms. The van der Waals surface area contributed by atoms with Crippen molar-refractivity contribution in [1.82, 2.24) is 20.2 Å². The summed E-state index contributed by atoms with van der Waals surface area (Å²) in [6.45, 7) is 1.68. The molecular weight excluding hydrogens is 236 g/mol. The largest absolute Gasteiger partial charge is 0.480 e. The molecule has 0 fully saturated rings. The predicted molar refractivity (Wildman–Crippen MR) is 52.8 cm³/mol. The van der Waals surface area contributed by atoms with E-state index in [0.29, 0.717) is 6.61 Å². The number of esters is 1. The maximum absolute atomic E-state index is 11.0. The SMILES string of the molecule is CCOC(=O)CSc1nnnn1CC(=O)O. The minimum Gasteiger partial charge on any atom is -0.480 e. The van der Waals surface area contributed by atoms with Gasteiger partial charge >= 0.3 is 11.9 Å². The fourth-order valence-corrected chi connectivity index (χ4v) is 1.53. The van der Waals surface area contributed by atoms with Gasteiger partial charge in [-0.3, -0.25) is 9.59 Å². The molecule has 0 aliphatic heterocycles. The van der Waals surface area contributed by atoms with Crippen molar-refractivity contribution in [2.45, 2.75) is 18.6 Å². The second-order valence-electron chi connectivity index (χ2n) is 2.61. The minimum absolute atomic E-state index is 0.0494. The van der Waals surface area contributed by atoms with Crippen LogP contribution in [-0.4, -0.2) is 49.6 Å². The monoisotopic (exact) mass is 246 g/mol. The molecule has 16 heavy (non-hydrogen) atoms. The summed E-state index contributed by atoms with van der Waals surface area (Å²) in [5, 5.41) is 19.2. The van der Waals surface area contributed by atoms with E-state index in [9.17, 15) is 9.59 Å². The summed E-state index contributed by atoms with van der Waals surface area (Å²) in [6.07, 6.45) is 0. The van der Waals surface area contributed by atoms with Gasteiger partial charge in [-0.2, -0.15) is 0 Å². The van der Waals surface area contributed by atoms with Gasteiger partial charge in [0, 0.05) is 0 Å². The number of hydrogen-bond donors (Lipinski definition) is 1. The Bertz CT molecular complexity index is 380. The first-order valence-electron chi connectivity index (χ1n) is 4.40. The molecule has 1 rings (SSSR count). The average molecular weight is 246 g/mol. The molecule has 0 aliphatic rings. The number of tetrazole rings is 1. The molecule has 0 unspecified atom stereocenters. The van der Waals surface area contributed by atoms with Crippen molar-refractivity contribution >= 4 is 23.7 Å². The van der Waals surface area contributed by atoms with Crippen LogP contribution in [0.1, 0.15) is 6.92 Å². The number of rotatable bonds is 6. The highest BCUT2D eigenvalue weighted by atomic mass is 32.2. The minimum atomic E-state index is -1.05. The predicted octanol–water partition coefficient (Wildman–Crippen LogP) is -0.587. The first-order chi connectivity index (χ1) is 7.63. The number of aliphatic carboxylic acids is 1. The fourth-order valence-electron chi connectivity index (χ4n) is 0.853. The van der Waals surface area contributed by atoms with Gasteiger partial charge in [-0.1, -0.05) is 11.8 Å². The highest BCUT2D eigenvalue weighted by Gasteiger charge is 2.12. The van der Waals surface area contributed by atoms with Gasteiger partial charge in [0.25, 0.3) is 0 Å². The molecule has 1 N–H and O–H groups in total. The van der Waals surface area contributed by atoms with Crippen molar-refractivity contribution in [1.29, 1.82) is 0 Å². The zero-order valence-corrected chi connectivity index (χ0v) is 9.31. The molecule has 0 bridgehead atoms. The van der Waals surface area contributed by atoms with Crippen LogP contribution in [0, 0.1) is 0 Å². The summed E-state index contributed by atoms with van der Waals surface area (Å²) >= 11 is 1.03. The van der Waals surface area contributed by atoms with Gasteiger partial charge in [-0.15, -0.1) is 5.10 Å². The molecule has 88 valence electrons. The molecule has 0 spiro atoms. The molecule has 0 aromatic carbocycles. The average Bonchev–Trinajstić information content (AvgIpc) is 2.62. The number of carboxylic acid groups (broad SMARTS) is 1. The van der Waals surface area contributed by atoms with Gasteiger partial charge in [0.15, 0.2) is 0 Å². The highest BCUT2D eigenvalue weighted by Crippen LogP contribution is 2.13. The topological polar surface area (TPSA) is 107 Å². The lowest BCUT2D eigenvalue weighted by Crippen LogP contribution is -2.13. The van der Waals surface area contributed by atoms with Crippen molar-refractivity contribution in [3.05, 3.63) is 0 Å². The van der Waals surface area contributed by atoms with E-state index in [1.165, 1.54) is 0 Å². The van der Waals surface area contributed by atoms with E-state index < -0.39 is 11.9 Å². The molecule has 0 amide bonds. The van der Waals surface area contributed by atoms with Gasteiger partial charge in [-0.25, -0.2) is 4.68 Å². The van der Waals surface area contributed by atoms with Crippen molar-refractivity contribution in [3.63, 3.8) is 0 Å². The van der Waals surface area contributed by atoms with E-state index >= 15 is 0 Å². The van der Waals surface area contributed by atoms with Crippen LogP contribution in [0.3, 0.4) is 0 Å². The normalized spacial score (nSPS) is 10.1. The molecule has 0 atom stereocenters. The van der Waals surface area contributed by atoms with E-state index in [1.807, 2.05) is 0 Å². The van der Waals surface area contributed by atoms with Crippen LogP contribution in [0.25, 0.3) is 0 Å². The maximum atomic E-state index is 11.0. The summed E-state index contributed by atoms with van der Waals surface area (Å²) in [7, 11) is 0. The highest BCUT2D eigenvalue weighted by molar-refractivity contribution is 7.99. The fraction of sp³-hybridized carbons (Fsp3) is 0.571. The van der Waals surface area contributed by atoms with Crippen LogP contribution in [0.15, 0.2) is 5.16 Å². The lowest BCUT2D eigenvalue weighted by Gasteiger charge is -2.01. The van der Waals surface area contributed by atoms with Crippen LogP contribution in [0.2, 0.25) is 0 Å². The second kappa shape index (κ2) is 6.05. The third-order valence-electron chi connectivity index (χ3n) is 1.41. The van der Waals surface area contributed by atoms with Crippen LogP contribution in [-0.2, 0) is 20.9 Å². The number of thioether (sulfide) groups is 1. The van der Waals surface area contributed by atoms with E-state index in [0.717, 1.165) is 16.4 Å². The zero-order valence-electron chi connectivity index (χ0n) is 8.49. The number of carbonyl (C=O) groups excluding carboxylic acids is 1. The van der Waals surface area contributed by atoms with E-state index in [2.05, 4.69) is 15.5 Å². The summed E-state index contributed by atoms with van der Waals surface area (Å²) in [5.41, 5.74) is 0. The lowest BCUT2D eigenvalue weighted by molar-refractivity contribution is -0.140. The van der Waals surface area contributed by atoms with Gasteiger partial charge < -0.3 is 9.84 Å². The Balaban J connectivity index is 2.50. The second-order valence-corrected chi connectivity index (χ2v) is 3.55. The maximum Gasteiger partial charge on any atom is 0.325 e. The summed E-state index contributed by atoms with van der Waals surface area (Å²) in [4.78, 5) is 21.5. The third-order valence-corrected chi connectivity index (χ3v) is 2.34. The molecular formula is C7H10N4O4S. The van der Waals surface area contributed by atoms with Crippen LogP contribution < -0.4 is 0 Å². The third kappa shape index (κ3) is 3.85. The molecule has 1 aromatic heterocycles. The first-order valence-corrected chi connectivity index (χ1v) is 5.38. The Hall–Kier alpha value is -1.64. The number of carboxylic acids is 1. The van der Waals surface area contributed by atoms with Crippen molar-refractivity contribution < 1.29 is 19.4 Å². The summed E-state index contributed by atoms with van der Waals surface area (Å²) in [6, 6.07) is 0. The Kier molecular flexibility index (Phi) is 4.70. The molecule has 0 aliphatic carbocycles.